The normalized spacial score (nSPS) is 17.8. The predicted molar refractivity (Wildman–Crippen MR) is 88.4 cm³/mol. The molecule has 1 atom stereocenters. The quantitative estimate of drug-likeness (QED) is 0.757. The van der Waals surface area contributed by atoms with Crippen molar-refractivity contribution in [2.45, 2.75) is 12.3 Å². The number of halogens is 3. The number of likely N-dealkylation sites (N-methyl/N-ethyl adjacent to an activating group) is 1. The number of rotatable bonds is 7. The third kappa shape index (κ3) is 6.72. The minimum absolute atomic E-state index is 0.0378. The fourth-order valence-electron chi connectivity index (χ4n) is 2.70. The molecule has 0 radical (unpaired) electrons. The molecule has 1 saturated heterocycles. The number of morpholine rings is 1. The van der Waals surface area contributed by atoms with E-state index in [9.17, 15) is 22.8 Å². The van der Waals surface area contributed by atoms with E-state index in [1.165, 1.54) is 17.0 Å². The van der Waals surface area contributed by atoms with Crippen molar-refractivity contribution >= 4 is 11.9 Å². The Labute approximate surface area is 154 Å². The number of carboxylic acids is 1. The summed E-state index contributed by atoms with van der Waals surface area (Å²) in [6.07, 6.45) is -4.83. The van der Waals surface area contributed by atoms with Crippen molar-refractivity contribution in [3.05, 3.63) is 29.8 Å². The van der Waals surface area contributed by atoms with Crippen LogP contribution in [0.5, 0.6) is 5.75 Å². The number of ether oxygens (including phenoxy) is 2. The molecule has 0 bridgehead atoms. The van der Waals surface area contributed by atoms with E-state index in [1.807, 2.05) is 0 Å². The average molecular weight is 390 g/mol. The number of benzene rings is 1. The molecule has 1 amide bonds. The summed E-state index contributed by atoms with van der Waals surface area (Å²) >= 11 is 0. The highest BCUT2D eigenvalue weighted by Gasteiger charge is 2.31. The number of nitrogens with zero attached hydrogens (tertiary/aromatic N) is 2. The third-order valence-corrected chi connectivity index (χ3v) is 3.94. The summed E-state index contributed by atoms with van der Waals surface area (Å²) in [6, 6.07) is 4.34. The van der Waals surface area contributed by atoms with E-state index in [-0.39, 0.29) is 37.5 Å². The van der Waals surface area contributed by atoms with Gasteiger partial charge in [-0.1, -0.05) is 6.07 Å². The molecular weight excluding hydrogens is 369 g/mol. The second kappa shape index (κ2) is 9.05. The van der Waals surface area contributed by atoms with Gasteiger partial charge in [-0.15, -0.1) is 0 Å². The highest BCUT2D eigenvalue weighted by atomic mass is 19.4. The van der Waals surface area contributed by atoms with Gasteiger partial charge in [0, 0.05) is 19.6 Å². The lowest BCUT2D eigenvalue weighted by Gasteiger charge is -2.34. The molecule has 0 aliphatic carbocycles. The highest BCUT2D eigenvalue weighted by molar-refractivity contribution is 5.78. The zero-order chi connectivity index (χ0) is 20.0. The van der Waals surface area contributed by atoms with Gasteiger partial charge in [-0.25, -0.2) is 0 Å². The number of hydrogen-bond acceptors (Lipinski definition) is 5. The Morgan fingerprint density at radius 1 is 1.41 bits per heavy atom. The van der Waals surface area contributed by atoms with Gasteiger partial charge in [-0.2, -0.15) is 13.2 Å². The summed E-state index contributed by atoms with van der Waals surface area (Å²) in [5.41, 5.74) is -0.847. The van der Waals surface area contributed by atoms with Crippen LogP contribution in [0.3, 0.4) is 0 Å². The van der Waals surface area contributed by atoms with E-state index in [4.69, 9.17) is 14.6 Å². The molecule has 150 valence electrons. The van der Waals surface area contributed by atoms with Crippen LogP contribution in [0.15, 0.2) is 24.3 Å². The standard InChI is InChI=1S/C17H21F3N2O5/c1-21(10-16(24)25)8-14-9-22(5-6-26-14)15(23)11-27-13-4-2-3-12(7-13)17(18,19)20/h2-4,7,14H,5-6,8-11H2,1H3,(H,24,25). The topological polar surface area (TPSA) is 79.3 Å². The van der Waals surface area contributed by atoms with Crippen LogP contribution in [-0.2, 0) is 20.5 Å². The Kier molecular flexibility index (Phi) is 7.03. The van der Waals surface area contributed by atoms with Crippen LogP contribution >= 0.6 is 0 Å². The summed E-state index contributed by atoms with van der Waals surface area (Å²) in [6.45, 7) is 0.690. The average Bonchev–Trinajstić information content (AvgIpc) is 2.58. The van der Waals surface area contributed by atoms with Crippen molar-refractivity contribution in [2.75, 3.05) is 46.4 Å². The molecule has 1 fully saturated rings. The Balaban J connectivity index is 1.86. The lowest BCUT2D eigenvalue weighted by atomic mass is 10.2. The zero-order valence-electron chi connectivity index (χ0n) is 14.7. The summed E-state index contributed by atoms with van der Waals surface area (Å²) in [5, 5.41) is 8.77. The second-order valence-corrected chi connectivity index (χ2v) is 6.24. The van der Waals surface area contributed by atoms with Gasteiger partial charge in [0.15, 0.2) is 6.61 Å². The van der Waals surface area contributed by atoms with E-state index >= 15 is 0 Å². The Bertz CT molecular complexity index is 668. The molecule has 1 aromatic rings. The number of carbonyl (C=O) groups excluding carboxylic acids is 1. The van der Waals surface area contributed by atoms with Crippen molar-refractivity contribution in [1.82, 2.24) is 9.80 Å². The summed E-state index contributed by atoms with van der Waals surface area (Å²) in [5.74, 6) is -1.37. The molecule has 1 aliphatic heterocycles. The number of aliphatic carboxylic acids is 1. The first-order chi connectivity index (χ1) is 12.6. The molecule has 10 heteroatoms. The van der Waals surface area contributed by atoms with Crippen LogP contribution in [0.25, 0.3) is 0 Å². The number of alkyl halides is 3. The van der Waals surface area contributed by atoms with Crippen LogP contribution in [0, 0.1) is 0 Å². The molecule has 0 aromatic heterocycles. The van der Waals surface area contributed by atoms with E-state index in [2.05, 4.69) is 0 Å². The number of hydrogen-bond donors (Lipinski definition) is 1. The van der Waals surface area contributed by atoms with Gasteiger partial charge in [0.2, 0.25) is 0 Å². The molecule has 0 saturated carbocycles. The van der Waals surface area contributed by atoms with Gasteiger partial charge in [-0.05, 0) is 25.2 Å². The maximum atomic E-state index is 12.7. The highest BCUT2D eigenvalue weighted by Crippen LogP contribution is 2.31. The van der Waals surface area contributed by atoms with E-state index in [0.717, 1.165) is 12.1 Å². The molecule has 0 spiro atoms. The summed E-state index contributed by atoms with van der Waals surface area (Å²) in [4.78, 5) is 26.0. The van der Waals surface area contributed by atoms with Crippen LogP contribution in [0.2, 0.25) is 0 Å². The number of amides is 1. The van der Waals surface area contributed by atoms with Gasteiger partial charge in [0.1, 0.15) is 5.75 Å². The number of carbonyl (C=O) groups is 2. The molecule has 27 heavy (non-hydrogen) atoms. The minimum Gasteiger partial charge on any atom is -0.484 e. The van der Waals surface area contributed by atoms with Crippen LogP contribution in [0.1, 0.15) is 5.56 Å². The molecule has 1 aromatic carbocycles. The van der Waals surface area contributed by atoms with Crippen molar-refractivity contribution in [3.8, 4) is 5.75 Å². The van der Waals surface area contributed by atoms with Gasteiger partial charge in [0.25, 0.3) is 5.91 Å². The van der Waals surface area contributed by atoms with Gasteiger partial charge in [0.05, 0.1) is 24.8 Å². The first-order valence-corrected chi connectivity index (χ1v) is 8.25. The Hall–Kier alpha value is -2.33. The Morgan fingerprint density at radius 2 is 2.15 bits per heavy atom. The fraction of sp³-hybridized carbons (Fsp3) is 0.529. The van der Waals surface area contributed by atoms with E-state index in [0.29, 0.717) is 19.7 Å². The summed E-state index contributed by atoms with van der Waals surface area (Å²) < 4.78 is 48.8. The number of carboxylic acid groups (broad SMARTS) is 1. The minimum atomic E-state index is -4.48. The van der Waals surface area contributed by atoms with Gasteiger partial charge >= 0.3 is 12.1 Å². The predicted octanol–water partition coefficient (Wildman–Crippen LogP) is 1.33. The maximum Gasteiger partial charge on any atom is 0.416 e. The molecule has 1 aliphatic rings. The van der Waals surface area contributed by atoms with Crippen molar-refractivity contribution < 1.29 is 37.3 Å². The summed E-state index contributed by atoms with van der Waals surface area (Å²) in [7, 11) is 1.63. The molecule has 1 heterocycles. The van der Waals surface area contributed by atoms with Crippen LogP contribution in [0.4, 0.5) is 13.2 Å². The third-order valence-electron chi connectivity index (χ3n) is 3.94. The lowest BCUT2D eigenvalue weighted by molar-refractivity contribution is -0.143. The lowest BCUT2D eigenvalue weighted by Crippen LogP contribution is -2.50. The smallest absolute Gasteiger partial charge is 0.416 e. The monoisotopic (exact) mass is 390 g/mol. The molecular formula is C17H21F3N2O5. The van der Waals surface area contributed by atoms with Crippen molar-refractivity contribution in [1.29, 1.82) is 0 Å². The molecule has 1 N–H and O–H groups in total. The van der Waals surface area contributed by atoms with Crippen molar-refractivity contribution in [2.24, 2.45) is 0 Å². The van der Waals surface area contributed by atoms with Crippen LogP contribution < -0.4 is 4.74 Å². The van der Waals surface area contributed by atoms with E-state index < -0.39 is 17.7 Å². The molecule has 1 unspecified atom stereocenters. The zero-order valence-corrected chi connectivity index (χ0v) is 14.7. The van der Waals surface area contributed by atoms with Gasteiger partial charge < -0.3 is 19.5 Å². The molecule has 2 rings (SSSR count). The van der Waals surface area contributed by atoms with Gasteiger partial charge in [-0.3, -0.25) is 14.5 Å². The maximum absolute atomic E-state index is 12.7. The second-order valence-electron chi connectivity index (χ2n) is 6.24. The van der Waals surface area contributed by atoms with Crippen molar-refractivity contribution in [3.63, 3.8) is 0 Å². The largest absolute Gasteiger partial charge is 0.484 e. The Morgan fingerprint density at radius 3 is 2.81 bits per heavy atom. The van der Waals surface area contributed by atoms with Crippen LogP contribution in [-0.4, -0.2) is 79.3 Å². The first kappa shape index (κ1) is 21.0. The SMILES string of the molecule is CN(CC(=O)O)CC1CN(C(=O)COc2cccc(C(F)(F)F)c2)CCO1. The fourth-order valence-corrected chi connectivity index (χ4v) is 2.70. The van der Waals surface area contributed by atoms with E-state index in [1.54, 1.807) is 11.9 Å². The molecule has 7 nitrogen and oxygen atoms in total. The first-order valence-electron chi connectivity index (χ1n) is 8.25.